The van der Waals surface area contributed by atoms with Gasteiger partial charge in [-0.25, -0.2) is 4.57 Å². The third-order valence-corrected chi connectivity index (χ3v) is 7.86. The first-order chi connectivity index (χ1) is 16.0. The van der Waals surface area contributed by atoms with Crippen LogP contribution in [0.5, 0.6) is 0 Å². The van der Waals surface area contributed by atoms with E-state index in [9.17, 15) is 24.5 Å². The van der Waals surface area contributed by atoms with Crippen molar-refractivity contribution in [3.05, 3.63) is 12.2 Å². The van der Waals surface area contributed by atoms with Crippen LogP contribution in [-0.4, -0.2) is 70.4 Å². The molecule has 1 saturated carbocycles. The van der Waals surface area contributed by atoms with Crippen LogP contribution in [0.2, 0.25) is 0 Å². The molecule has 34 heavy (non-hydrogen) atoms. The van der Waals surface area contributed by atoms with Gasteiger partial charge in [-0.15, -0.1) is 0 Å². The molecule has 196 valence electrons. The summed E-state index contributed by atoms with van der Waals surface area (Å²) in [6.45, 7) is 2.98. The van der Waals surface area contributed by atoms with E-state index in [0.717, 1.165) is 45.6 Å². The minimum Gasteiger partial charge on any atom is -0.388 e. The van der Waals surface area contributed by atoms with Crippen molar-refractivity contribution in [3.8, 4) is 0 Å². The Labute approximate surface area is 202 Å². The summed E-state index contributed by atoms with van der Waals surface area (Å²) in [5.74, 6) is 0.115. The lowest BCUT2D eigenvalue weighted by Gasteiger charge is -2.32. The van der Waals surface area contributed by atoms with Gasteiger partial charge in [0.2, 0.25) is 0 Å². The molecule has 2 fully saturated rings. The van der Waals surface area contributed by atoms with E-state index in [1.54, 1.807) is 19.1 Å². The number of phosphoric acid groups is 1. The monoisotopic (exact) mass is 504 g/mol. The van der Waals surface area contributed by atoms with Gasteiger partial charge in [-0.2, -0.15) is 0 Å². The maximum Gasteiger partial charge on any atom is 0.472 e. The van der Waals surface area contributed by atoms with Crippen LogP contribution < -0.4 is 5.73 Å². The molecular formula is C23H41N2O8P. The molecule has 7 unspecified atom stereocenters. The van der Waals surface area contributed by atoms with Crippen molar-refractivity contribution in [3.63, 3.8) is 0 Å². The van der Waals surface area contributed by atoms with Crippen molar-refractivity contribution < 1.29 is 38.3 Å². The minimum absolute atomic E-state index is 0.0459. The summed E-state index contributed by atoms with van der Waals surface area (Å²) in [6.07, 6.45) is 6.52. The Bertz CT molecular complexity index is 776. The molecule has 5 N–H and O–H groups in total. The summed E-state index contributed by atoms with van der Waals surface area (Å²) in [5, 5.41) is 21.2. The largest absolute Gasteiger partial charge is 0.472 e. The van der Waals surface area contributed by atoms with E-state index in [1.165, 1.54) is 0 Å². The zero-order chi connectivity index (χ0) is 25.4. The van der Waals surface area contributed by atoms with E-state index in [0.29, 0.717) is 25.1 Å². The Balaban J connectivity index is 2.23. The van der Waals surface area contributed by atoms with Crippen molar-refractivity contribution in [2.45, 2.75) is 102 Å². The lowest BCUT2D eigenvalue weighted by Crippen LogP contribution is -2.40. The van der Waals surface area contributed by atoms with Crippen LogP contribution in [0.4, 0.5) is 0 Å². The highest BCUT2D eigenvalue weighted by molar-refractivity contribution is 7.47. The summed E-state index contributed by atoms with van der Waals surface area (Å²) in [5.41, 5.74) is 5.12. The average molecular weight is 505 g/mol. The van der Waals surface area contributed by atoms with Crippen molar-refractivity contribution in [2.24, 2.45) is 16.6 Å². The molecule has 1 aliphatic heterocycles. The fourth-order valence-corrected chi connectivity index (χ4v) is 5.34. The molecule has 1 aliphatic carbocycles. The third-order valence-electron chi connectivity index (χ3n) is 6.93. The number of Topliss-reactive ketones (excluding diaryl/α,β-unsaturated/α-hetero) is 1. The Morgan fingerprint density at radius 1 is 1.18 bits per heavy atom. The molecule has 0 aromatic rings. The SMILES string of the molecule is C/C=C\C(N)=N/C1(C(C)=O)CCCCCCCC(C2OC(COP(=O)(O)OC)C(O)C2O)CC1. The first-order valence-electron chi connectivity index (χ1n) is 12.1. The number of phosphoric ester groups is 1. The number of ether oxygens (including phenoxy) is 1. The highest BCUT2D eigenvalue weighted by atomic mass is 31.2. The van der Waals surface area contributed by atoms with E-state index in [-0.39, 0.29) is 11.7 Å². The maximum absolute atomic E-state index is 12.8. The molecular weight excluding hydrogens is 463 g/mol. The Morgan fingerprint density at radius 3 is 2.50 bits per heavy atom. The fourth-order valence-electron chi connectivity index (χ4n) is 4.90. The molecule has 7 atom stereocenters. The number of nitrogens with two attached hydrogens (primary N) is 1. The lowest BCUT2D eigenvalue weighted by atomic mass is 9.79. The van der Waals surface area contributed by atoms with Gasteiger partial charge in [0.05, 0.1) is 12.7 Å². The smallest absolute Gasteiger partial charge is 0.388 e. The average Bonchev–Trinajstić information content (AvgIpc) is 3.04. The molecule has 0 amide bonds. The summed E-state index contributed by atoms with van der Waals surface area (Å²) in [6, 6.07) is 0. The van der Waals surface area contributed by atoms with E-state index >= 15 is 0 Å². The Morgan fingerprint density at radius 2 is 1.85 bits per heavy atom. The van der Waals surface area contributed by atoms with Gasteiger partial charge in [0.25, 0.3) is 0 Å². The normalized spacial score (nSPS) is 36.2. The predicted octanol–water partition coefficient (Wildman–Crippen LogP) is 2.64. The number of aliphatic hydroxyl groups is 2. The summed E-state index contributed by atoms with van der Waals surface area (Å²) in [4.78, 5) is 27.0. The number of carbonyl (C=O) groups excluding carboxylic acids is 1. The zero-order valence-corrected chi connectivity index (χ0v) is 21.4. The van der Waals surface area contributed by atoms with Gasteiger partial charge in [-0.3, -0.25) is 18.8 Å². The van der Waals surface area contributed by atoms with Crippen molar-refractivity contribution in [2.75, 3.05) is 13.7 Å². The maximum atomic E-state index is 12.8. The van der Waals surface area contributed by atoms with Crippen LogP contribution in [-0.2, 0) is 23.1 Å². The van der Waals surface area contributed by atoms with Crippen LogP contribution >= 0.6 is 7.82 Å². The quantitative estimate of drug-likeness (QED) is 0.221. The third kappa shape index (κ3) is 7.95. The van der Waals surface area contributed by atoms with Crippen LogP contribution in [0.1, 0.15) is 71.6 Å². The standard InChI is InChI=1S/C23H41N2O8P/c1-4-10-19(24)25-23(16(2)26)13-9-7-5-6-8-11-17(12-14-23)22-21(28)20(27)18(33-22)15-32-34(29,30)31-3/h4,10,17-18,20-22,27-28H,5-9,11-15H2,1-3H3,(H2,24,25)(H,29,30)/b10-4-. The molecule has 10 nitrogen and oxygen atoms in total. The number of ketones is 1. The number of allylic oxidation sites excluding steroid dienone is 1. The predicted molar refractivity (Wildman–Crippen MR) is 128 cm³/mol. The highest BCUT2D eigenvalue weighted by Gasteiger charge is 2.47. The lowest BCUT2D eigenvalue weighted by molar-refractivity contribution is -0.122. The topological polar surface area (TPSA) is 161 Å². The highest BCUT2D eigenvalue weighted by Crippen LogP contribution is 2.43. The van der Waals surface area contributed by atoms with E-state index in [4.69, 9.17) is 15.0 Å². The molecule has 2 rings (SSSR count). The van der Waals surface area contributed by atoms with Crippen LogP contribution in [0.15, 0.2) is 17.1 Å². The molecule has 0 bridgehead atoms. The van der Waals surface area contributed by atoms with Crippen LogP contribution in [0.3, 0.4) is 0 Å². The molecule has 0 radical (unpaired) electrons. The number of hydrogen-bond donors (Lipinski definition) is 4. The molecule has 11 heteroatoms. The Hall–Kier alpha value is -1.13. The summed E-state index contributed by atoms with van der Waals surface area (Å²) >= 11 is 0. The fraction of sp³-hybridized carbons (Fsp3) is 0.826. The van der Waals surface area contributed by atoms with E-state index < -0.39 is 44.4 Å². The zero-order valence-electron chi connectivity index (χ0n) is 20.5. The van der Waals surface area contributed by atoms with Gasteiger partial charge < -0.3 is 25.6 Å². The molecule has 1 heterocycles. The number of aliphatic hydroxyl groups excluding tert-OH is 2. The van der Waals surface area contributed by atoms with Gasteiger partial charge in [-0.05, 0) is 51.5 Å². The first kappa shape index (κ1) is 29.1. The van der Waals surface area contributed by atoms with E-state index in [2.05, 4.69) is 9.52 Å². The number of amidine groups is 1. The number of aliphatic imine (C=N–C) groups is 1. The molecule has 0 aromatic heterocycles. The van der Waals surface area contributed by atoms with Gasteiger partial charge >= 0.3 is 7.82 Å². The van der Waals surface area contributed by atoms with Gasteiger partial charge in [-0.1, -0.05) is 38.2 Å². The Kier molecular flexibility index (Phi) is 11.3. The van der Waals surface area contributed by atoms with Gasteiger partial charge in [0.1, 0.15) is 29.7 Å². The number of carbonyl (C=O) groups is 1. The van der Waals surface area contributed by atoms with Crippen molar-refractivity contribution >= 4 is 19.4 Å². The second kappa shape index (κ2) is 13.3. The second-order valence-corrected chi connectivity index (χ2v) is 10.9. The summed E-state index contributed by atoms with van der Waals surface area (Å²) < 4.78 is 26.8. The van der Waals surface area contributed by atoms with E-state index in [1.807, 2.05) is 6.92 Å². The van der Waals surface area contributed by atoms with Crippen molar-refractivity contribution in [1.29, 1.82) is 0 Å². The van der Waals surface area contributed by atoms with Gasteiger partial charge in [0, 0.05) is 7.11 Å². The molecule has 0 spiro atoms. The minimum atomic E-state index is -4.24. The number of nitrogens with zero attached hydrogens (tertiary/aromatic N) is 1. The molecule has 0 aromatic carbocycles. The molecule has 1 saturated heterocycles. The van der Waals surface area contributed by atoms with Crippen LogP contribution in [0, 0.1) is 5.92 Å². The second-order valence-electron chi connectivity index (χ2n) is 9.30. The van der Waals surface area contributed by atoms with Gasteiger partial charge in [0.15, 0.2) is 5.78 Å². The number of hydrogen-bond acceptors (Lipinski definition) is 8. The first-order valence-corrected chi connectivity index (χ1v) is 13.6. The number of rotatable bonds is 8. The molecule has 2 aliphatic rings. The van der Waals surface area contributed by atoms with Crippen LogP contribution in [0.25, 0.3) is 0 Å². The summed E-state index contributed by atoms with van der Waals surface area (Å²) in [7, 11) is -3.20. The van der Waals surface area contributed by atoms with Crippen molar-refractivity contribution in [1.82, 2.24) is 0 Å².